The second-order valence-corrected chi connectivity index (χ2v) is 27.9. The molecule has 0 aromatic carbocycles. The smallest absolute Gasteiger partial charge is 0.326 e. The van der Waals surface area contributed by atoms with E-state index in [9.17, 15) is 71.7 Å². The van der Waals surface area contributed by atoms with Crippen molar-refractivity contribution in [1.29, 1.82) is 0 Å². The van der Waals surface area contributed by atoms with Crippen molar-refractivity contribution in [2.45, 2.75) is 276 Å². The number of aromatic amines is 1. The van der Waals surface area contributed by atoms with Crippen molar-refractivity contribution >= 4 is 69.0 Å². The Morgan fingerprint density at radius 1 is 0.521 bits per heavy atom. The molecule has 0 aliphatic heterocycles. The number of sulfonamides is 1. The Morgan fingerprint density at radius 3 is 1.59 bits per heavy atom. The second kappa shape index (κ2) is 52.4. The van der Waals surface area contributed by atoms with Gasteiger partial charge in [-0.15, -0.1) is 10.2 Å². The maximum atomic E-state index is 12.7. The molecule has 28 nitrogen and oxygen atoms in total. The fourth-order valence-electron chi connectivity index (χ4n) is 10.5. The van der Waals surface area contributed by atoms with Gasteiger partial charge >= 0.3 is 17.9 Å². The minimum absolute atomic E-state index is 0. The molecule has 0 aliphatic carbocycles. The van der Waals surface area contributed by atoms with Crippen LogP contribution >= 0.6 is 0 Å². The first-order valence-corrected chi connectivity index (χ1v) is 36.9. The van der Waals surface area contributed by atoms with Gasteiger partial charge in [-0.1, -0.05) is 122 Å². The van der Waals surface area contributed by atoms with Gasteiger partial charge in [-0.25, -0.2) is 18.2 Å². The third-order valence-corrected chi connectivity index (χ3v) is 17.6. The number of amides is 5. The van der Waals surface area contributed by atoms with Crippen molar-refractivity contribution < 1.29 is 82.6 Å². The van der Waals surface area contributed by atoms with Crippen LogP contribution in [0.25, 0.3) is 0 Å². The molecule has 0 bridgehead atoms. The van der Waals surface area contributed by atoms with Crippen molar-refractivity contribution in [2.75, 3.05) is 51.8 Å². The summed E-state index contributed by atoms with van der Waals surface area (Å²) in [6, 6.07) is -1.41. The summed E-state index contributed by atoms with van der Waals surface area (Å²) in [5.41, 5.74) is 0.653. The summed E-state index contributed by atoms with van der Waals surface area (Å²) in [5, 5.41) is 52.2. The molecular weight excluding hydrogens is 1260 g/mol. The number of H-pyrrole nitrogens is 1. The summed E-state index contributed by atoms with van der Waals surface area (Å²) in [5.74, 6) is -7.71. The van der Waals surface area contributed by atoms with Crippen LogP contribution in [0, 0.1) is 11.8 Å². The minimum Gasteiger partial charge on any atom is -0.481 e. The fraction of sp³-hybridized carbons (Fsp3) is 0.791. The molecule has 0 saturated carbocycles. The molecule has 2 aromatic rings. The van der Waals surface area contributed by atoms with Gasteiger partial charge in [0, 0.05) is 90.7 Å². The number of Topliss-reactive ketones (excluding diaryl/α,β-unsaturated/α-hetero) is 2. The molecule has 29 heteroatoms. The second-order valence-electron chi connectivity index (χ2n) is 26.0. The lowest BCUT2D eigenvalue weighted by molar-refractivity contribution is -0.145. The molecule has 0 unspecified atom stereocenters. The summed E-state index contributed by atoms with van der Waals surface area (Å²) >= 11 is 0. The number of imidazole rings is 1. The molecule has 0 saturated heterocycles. The topological polar surface area (TPSA) is 416 Å². The van der Waals surface area contributed by atoms with Gasteiger partial charge in [0.15, 0.2) is 5.82 Å². The highest BCUT2D eigenvalue weighted by molar-refractivity contribution is 7.90. The number of tetrazole rings is 1. The van der Waals surface area contributed by atoms with Crippen molar-refractivity contribution in [3.8, 4) is 0 Å². The summed E-state index contributed by atoms with van der Waals surface area (Å²) < 4.78 is 37.7. The quantitative estimate of drug-likeness (QED) is 0.0282. The number of ketones is 2. The number of aryl methyl sites for hydroxylation is 2. The van der Waals surface area contributed by atoms with E-state index < -0.39 is 63.5 Å². The third kappa shape index (κ3) is 46.4. The molecule has 5 amide bonds. The number of carboxylic acids is 3. The Kier molecular flexibility index (Phi) is 46.6. The lowest BCUT2D eigenvalue weighted by Crippen LogP contribution is -2.42. The van der Waals surface area contributed by atoms with Gasteiger partial charge in [0.2, 0.25) is 39.6 Å². The van der Waals surface area contributed by atoms with Crippen LogP contribution < -0.4 is 26.0 Å². The number of unbranched alkanes of at least 4 members (excludes halogenated alkanes) is 21. The number of carbonyl (C=O) groups is 10. The van der Waals surface area contributed by atoms with Crippen LogP contribution in [-0.4, -0.2) is 171 Å². The average Bonchev–Trinajstić information content (AvgIpc) is 1.75. The molecule has 0 radical (unpaired) electrons. The number of nitrogens with one attached hydrogen (secondary N) is 6. The van der Waals surface area contributed by atoms with Gasteiger partial charge in [-0.3, -0.25) is 47.9 Å². The first-order valence-electron chi connectivity index (χ1n) is 35.2. The first kappa shape index (κ1) is 85.3. The molecule has 548 valence electrons. The SMILES string of the molecule is CC(C)(C)n1nnc(CCCCCCCCCCCCCCCC(=O)NS(=O)(=O)CCCC(=O)NCCCCCCCCCCCC(=O)C[C@@H](CCC(=O)N[C@@H](CCC(=O)NCCOCCOCC(=O)NCCCC[C@H](CC(=O)CCc2cnc[nH]2)C(=O)O)C(=O)O)C(=O)O)n1.[HH]. The minimum atomic E-state index is -3.81. The molecular formula is C67H117N11O17S. The lowest BCUT2D eigenvalue weighted by atomic mass is 9.94. The van der Waals surface area contributed by atoms with Crippen LogP contribution in [-0.2, 0) is 85.8 Å². The Morgan fingerprint density at radius 2 is 1.02 bits per heavy atom. The average molecular weight is 1380 g/mol. The maximum Gasteiger partial charge on any atom is 0.326 e. The van der Waals surface area contributed by atoms with Gasteiger partial charge in [0.1, 0.15) is 24.2 Å². The molecule has 0 aliphatic rings. The fourth-order valence-corrected chi connectivity index (χ4v) is 11.6. The van der Waals surface area contributed by atoms with Crippen LogP contribution in [0.1, 0.15) is 265 Å². The van der Waals surface area contributed by atoms with Crippen molar-refractivity contribution in [2.24, 2.45) is 11.8 Å². The number of hydrogen-bond acceptors (Lipinski definition) is 18. The Labute approximate surface area is 569 Å². The molecule has 2 aromatic heterocycles. The number of ether oxygens (including phenoxy) is 2. The predicted octanol–water partition coefficient (Wildman–Crippen LogP) is 8.16. The highest BCUT2D eigenvalue weighted by Gasteiger charge is 2.26. The van der Waals surface area contributed by atoms with E-state index in [2.05, 4.69) is 72.1 Å². The highest BCUT2D eigenvalue weighted by atomic mass is 32.2. The Bertz CT molecular complexity index is 2680. The van der Waals surface area contributed by atoms with E-state index in [1.165, 1.54) is 57.7 Å². The normalized spacial score (nSPS) is 12.5. The molecule has 96 heavy (non-hydrogen) atoms. The number of hydrogen-bond donors (Lipinski definition) is 9. The standard InChI is InChI=1S/C67H115N11O17S.H2/c1-67(2,3)78-75-58(74-77-78)31-23-19-15-11-7-5-4-6-8-12-16-20-24-32-62(84)76-96(92,93)46-28-33-59(81)69-40-26-21-17-13-9-10-14-18-22-30-55(79)48-53(65(88)89)34-38-61(83)73-57(66(90)91)37-39-60(82)71-42-43-94-44-45-95-50-63(85)70-41-27-25-29-52(64(86)87)47-56(80)36-35-54-49-68-51-72-54;/h49,51-53,57H,4-48,50H2,1-3H3,(H,68,72)(H,69,81)(H,70,85)(H,71,82)(H,73,83)(H,76,84)(H,86,87)(H,88,89)(H,90,91);1H/t52-,53-,57+;/m1./s1. The molecule has 2 heterocycles. The Hall–Kier alpha value is -6.75. The van der Waals surface area contributed by atoms with E-state index in [4.69, 9.17) is 9.47 Å². The van der Waals surface area contributed by atoms with E-state index in [-0.39, 0.29) is 140 Å². The summed E-state index contributed by atoms with van der Waals surface area (Å²) in [6.45, 7) is 7.16. The summed E-state index contributed by atoms with van der Waals surface area (Å²) in [7, 11) is -3.81. The third-order valence-electron chi connectivity index (χ3n) is 16.3. The van der Waals surface area contributed by atoms with E-state index in [1.54, 1.807) is 11.0 Å². The number of nitrogens with zero attached hydrogens (tertiary/aromatic N) is 5. The number of rotatable bonds is 63. The molecule has 0 fully saturated rings. The van der Waals surface area contributed by atoms with E-state index in [1.807, 2.05) is 0 Å². The lowest BCUT2D eigenvalue weighted by Gasteiger charge is -2.16. The van der Waals surface area contributed by atoms with Crippen molar-refractivity contribution in [3.05, 3.63) is 24.0 Å². The van der Waals surface area contributed by atoms with Crippen LogP contribution in [0.5, 0.6) is 0 Å². The van der Waals surface area contributed by atoms with Crippen molar-refractivity contribution in [1.82, 2.24) is 56.2 Å². The Balaban J connectivity index is 0.0000470. The predicted molar refractivity (Wildman–Crippen MR) is 362 cm³/mol. The van der Waals surface area contributed by atoms with E-state index >= 15 is 0 Å². The monoisotopic (exact) mass is 1380 g/mol. The zero-order valence-corrected chi connectivity index (χ0v) is 58.4. The first-order chi connectivity index (χ1) is 45.9. The molecule has 9 N–H and O–H groups in total. The van der Waals surface area contributed by atoms with E-state index in [0.29, 0.717) is 51.6 Å². The zero-order valence-electron chi connectivity index (χ0n) is 57.6. The highest BCUT2D eigenvalue weighted by Crippen LogP contribution is 2.20. The van der Waals surface area contributed by atoms with Crippen LogP contribution in [0.3, 0.4) is 0 Å². The number of aliphatic carboxylic acids is 3. The van der Waals surface area contributed by atoms with Crippen LogP contribution in [0.4, 0.5) is 0 Å². The summed E-state index contributed by atoms with van der Waals surface area (Å²) in [4.78, 5) is 131. The number of carbonyl (C=O) groups excluding carboxylic acids is 7. The van der Waals surface area contributed by atoms with Gasteiger partial charge in [0.25, 0.3) is 0 Å². The van der Waals surface area contributed by atoms with Crippen LogP contribution in [0.2, 0.25) is 0 Å². The molecule has 2 rings (SSSR count). The molecule has 3 atom stereocenters. The van der Waals surface area contributed by atoms with Gasteiger partial charge in [0.05, 0.1) is 49.3 Å². The van der Waals surface area contributed by atoms with E-state index in [0.717, 1.165) is 95.0 Å². The molecule has 0 spiro atoms. The summed E-state index contributed by atoms with van der Waals surface area (Å²) in [6.07, 6.45) is 27.8. The van der Waals surface area contributed by atoms with Gasteiger partial charge in [-0.2, -0.15) is 4.80 Å². The van der Waals surface area contributed by atoms with Gasteiger partial charge < -0.3 is 51.0 Å². The zero-order chi connectivity index (χ0) is 70.7. The largest absolute Gasteiger partial charge is 0.481 e. The maximum absolute atomic E-state index is 12.7. The number of aromatic nitrogens is 6. The van der Waals surface area contributed by atoms with Crippen molar-refractivity contribution in [3.63, 3.8) is 0 Å². The number of carboxylic acid groups (broad SMARTS) is 3. The van der Waals surface area contributed by atoms with Gasteiger partial charge in [-0.05, 0) is 90.2 Å². The van der Waals surface area contributed by atoms with Crippen LogP contribution in [0.15, 0.2) is 12.5 Å².